The molecule has 8 heteroatoms. The molecule has 1 aromatic heterocycles. The number of nitrogens with two attached hydrogens (primary N) is 1. The number of amides is 1. The van der Waals surface area contributed by atoms with Crippen LogP contribution in [-0.2, 0) is 9.53 Å². The van der Waals surface area contributed by atoms with Gasteiger partial charge >= 0.3 is 0 Å². The molecule has 2 rings (SSSR count). The summed E-state index contributed by atoms with van der Waals surface area (Å²) in [5.74, 6) is 0.685. The number of nitrogens with zero attached hydrogens (tertiary/aromatic N) is 3. The molecule has 7 nitrogen and oxygen atoms in total. The molecular weight excluding hydrogens is 270 g/mol. The fraction of sp³-hybridized carbons (Fsp3) is 0.545. The predicted molar refractivity (Wildman–Crippen MR) is 72.0 cm³/mol. The van der Waals surface area contributed by atoms with Gasteiger partial charge in [0.2, 0.25) is 11.9 Å². The summed E-state index contributed by atoms with van der Waals surface area (Å²) in [6, 6.07) is 0. The first-order chi connectivity index (χ1) is 9.16. The summed E-state index contributed by atoms with van der Waals surface area (Å²) >= 11 is 5.91. The van der Waals surface area contributed by atoms with Crippen molar-refractivity contribution in [2.24, 2.45) is 0 Å². The Hall–Kier alpha value is -1.60. The minimum Gasteiger partial charge on any atom is -0.378 e. The summed E-state index contributed by atoms with van der Waals surface area (Å²) in [7, 11) is 0. The van der Waals surface area contributed by atoms with Crippen molar-refractivity contribution < 1.29 is 9.53 Å². The van der Waals surface area contributed by atoms with Crippen LogP contribution in [0.4, 0.5) is 11.8 Å². The van der Waals surface area contributed by atoms with Crippen molar-refractivity contribution in [2.45, 2.75) is 6.42 Å². The van der Waals surface area contributed by atoms with Crippen LogP contribution < -0.4 is 11.1 Å². The fourth-order valence-electron chi connectivity index (χ4n) is 1.76. The summed E-state index contributed by atoms with van der Waals surface area (Å²) in [6.45, 7) is 2.97. The molecule has 0 spiro atoms. The predicted octanol–water partition coefficient (Wildman–Crippen LogP) is 0.373. The molecule has 2 heterocycles. The van der Waals surface area contributed by atoms with Crippen molar-refractivity contribution in [3.63, 3.8) is 0 Å². The molecule has 0 unspecified atom stereocenters. The van der Waals surface area contributed by atoms with Crippen LogP contribution in [0.1, 0.15) is 6.42 Å². The Morgan fingerprint density at radius 3 is 3.00 bits per heavy atom. The third-order valence-electron chi connectivity index (χ3n) is 2.76. The van der Waals surface area contributed by atoms with Crippen LogP contribution in [0.5, 0.6) is 0 Å². The second kappa shape index (κ2) is 6.53. The smallest absolute Gasteiger partial charge is 0.224 e. The first-order valence-electron chi connectivity index (χ1n) is 6.04. The van der Waals surface area contributed by atoms with Gasteiger partial charge in [0.05, 0.1) is 19.4 Å². The molecule has 0 aromatic carbocycles. The van der Waals surface area contributed by atoms with Gasteiger partial charge in [0.1, 0.15) is 10.8 Å². The standard InChI is InChI=1S/C11H16ClN5O2/c12-8-7-15-11(13)16-10(8)14-2-1-9(18)17-3-5-19-6-4-17/h7H,1-6H2,(H3,13,14,15,16). The number of nitrogen functional groups attached to an aromatic ring is 1. The molecular formula is C11H16ClN5O2. The largest absolute Gasteiger partial charge is 0.378 e. The number of aromatic nitrogens is 2. The van der Waals surface area contributed by atoms with Crippen molar-refractivity contribution in [2.75, 3.05) is 43.9 Å². The van der Waals surface area contributed by atoms with Crippen molar-refractivity contribution in [1.29, 1.82) is 0 Å². The lowest BCUT2D eigenvalue weighted by molar-refractivity contribution is -0.134. The summed E-state index contributed by atoms with van der Waals surface area (Å²) in [4.78, 5) is 21.4. The van der Waals surface area contributed by atoms with Crippen LogP contribution >= 0.6 is 11.6 Å². The third kappa shape index (κ3) is 3.93. The number of rotatable bonds is 4. The highest BCUT2D eigenvalue weighted by Gasteiger charge is 2.16. The normalized spacial score (nSPS) is 15.3. The van der Waals surface area contributed by atoms with Crippen molar-refractivity contribution in [3.05, 3.63) is 11.2 Å². The van der Waals surface area contributed by atoms with Gasteiger partial charge in [0, 0.05) is 26.1 Å². The van der Waals surface area contributed by atoms with E-state index in [1.807, 2.05) is 0 Å². The Kier molecular flexibility index (Phi) is 4.75. The molecule has 0 atom stereocenters. The lowest BCUT2D eigenvalue weighted by atomic mass is 10.3. The number of halogens is 1. The zero-order valence-corrected chi connectivity index (χ0v) is 11.2. The molecule has 0 bridgehead atoms. The lowest BCUT2D eigenvalue weighted by Gasteiger charge is -2.26. The van der Waals surface area contributed by atoms with Crippen LogP contribution in [0.25, 0.3) is 0 Å². The molecule has 3 N–H and O–H groups in total. The van der Waals surface area contributed by atoms with Crippen LogP contribution in [0.2, 0.25) is 5.02 Å². The maximum absolute atomic E-state index is 11.9. The Balaban J connectivity index is 1.79. The molecule has 0 saturated carbocycles. The van der Waals surface area contributed by atoms with Gasteiger partial charge in [-0.3, -0.25) is 4.79 Å². The number of anilines is 2. The molecule has 0 radical (unpaired) electrons. The van der Waals surface area contributed by atoms with Crippen molar-refractivity contribution in [3.8, 4) is 0 Å². The highest BCUT2D eigenvalue weighted by Crippen LogP contribution is 2.18. The number of morpholine rings is 1. The highest BCUT2D eigenvalue weighted by molar-refractivity contribution is 6.32. The van der Waals surface area contributed by atoms with E-state index in [4.69, 9.17) is 22.1 Å². The lowest BCUT2D eigenvalue weighted by Crippen LogP contribution is -2.41. The Labute approximate surface area is 116 Å². The van der Waals surface area contributed by atoms with Crippen LogP contribution in [0, 0.1) is 0 Å². The van der Waals surface area contributed by atoms with Gasteiger partial charge in [-0.05, 0) is 0 Å². The maximum atomic E-state index is 11.9. The first kappa shape index (κ1) is 13.8. The average Bonchev–Trinajstić information content (AvgIpc) is 2.43. The average molecular weight is 286 g/mol. The van der Waals surface area contributed by atoms with E-state index in [0.29, 0.717) is 50.1 Å². The fourth-order valence-corrected chi connectivity index (χ4v) is 1.92. The zero-order valence-electron chi connectivity index (χ0n) is 10.4. The van der Waals surface area contributed by atoms with E-state index in [1.54, 1.807) is 4.90 Å². The Morgan fingerprint density at radius 1 is 1.53 bits per heavy atom. The van der Waals surface area contributed by atoms with E-state index in [1.165, 1.54) is 6.20 Å². The second-order valence-electron chi connectivity index (χ2n) is 4.09. The van der Waals surface area contributed by atoms with E-state index in [0.717, 1.165) is 0 Å². The van der Waals surface area contributed by atoms with E-state index < -0.39 is 0 Å². The molecule has 1 amide bonds. The number of carbonyl (C=O) groups is 1. The van der Waals surface area contributed by atoms with Gasteiger partial charge in [-0.25, -0.2) is 4.98 Å². The topological polar surface area (TPSA) is 93.4 Å². The number of carbonyl (C=O) groups excluding carboxylic acids is 1. The molecule has 1 aliphatic rings. The summed E-state index contributed by atoms with van der Waals surface area (Å²) in [6.07, 6.45) is 1.80. The van der Waals surface area contributed by atoms with Crippen molar-refractivity contribution in [1.82, 2.24) is 14.9 Å². The summed E-state index contributed by atoms with van der Waals surface area (Å²) in [5, 5.41) is 3.36. The second-order valence-corrected chi connectivity index (χ2v) is 4.50. The number of hydrogen-bond acceptors (Lipinski definition) is 6. The number of hydrogen-bond donors (Lipinski definition) is 2. The molecule has 1 aromatic rings. The Morgan fingerprint density at radius 2 is 2.26 bits per heavy atom. The van der Waals surface area contributed by atoms with E-state index in [9.17, 15) is 4.79 Å². The van der Waals surface area contributed by atoms with Gasteiger partial charge in [-0.2, -0.15) is 4.98 Å². The Bertz CT molecular complexity index is 451. The van der Waals surface area contributed by atoms with Gasteiger partial charge in [-0.1, -0.05) is 11.6 Å². The van der Waals surface area contributed by atoms with Crippen molar-refractivity contribution >= 4 is 29.3 Å². The van der Waals surface area contributed by atoms with Gasteiger partial charge in [0.25, 0.3) is 0 Å². The van der Waals surface area contributed by atoms with Gasteiger partial charge < -0.3 is 20.7 Å². The van der Waals surface area contributed by atoms with Crippen LogP contribution in [0.15, 0.2) is 6.20 Å². The number of ether oxygens (including phenoxy) is 1. The van der Waals surface area contributed by atoms with E-state index in [2.05, 4.69) is 15.3 Å². The quantitative estimate of drug-likeness (QED) is 0.830. The third-order valence-corrected chi connectivity index (χ3v) is 3.03. The summed E-state index contributed by atoms with van der Waals surface area (Å²) < 4.78 is 5.19. The zero-order chi connectivity index (χ0) is 13.7. The minimum atomic E-state index is 0.0916. The van der Waals surface area contributed by atoms with E-state index in [-0.39, 0.29) is 11.9 Å². The monoisotopic (exact) mass is 285 g/mol. The SMILES string of the molecule is Nc1ncc(Cl)c(NCCC(=O)N2CCOCC2)n1. The van der Waals surface area contributed by atoms with Crippen LogP contribution in [0.3, 0.4) is 0 Å². The molecule has 19 heavy (non-hydrogen) atoms. The van der Waals surface area contributed by atoms with E-state index >= 15 is 0 Å². The maximum Gasteiger partial charge on any atom is 0.224 e. The summed E-state index contributed by atoms with van der Waals surface area (Å²) in [5.41, 5.74) is 5.47. The highest BCUT2D eigenvalue weighted by atomic mass is 35.5. The van der Waals surface area contributed by atoms with Gasteiger partial charge in [0.15, 0.2) is 0 Å². The molecule has 1 fully saturated rings. The van der Waals surface area contributed by atoms with Crippen LogP contribution in [-0.4, -0.2) is 53.6 Å². The first-order valence-corrected chi connectivity index (χ1v) is 6.42. The molecule has 0 aliphatic carbocycles. The molecule has 1 saturated heterocycles. The number of nitrogens with one attached hydrogen (secondary N) is 1. The minimum absolute atomic E-state index is 0.0916. The van der Waals surface area contributed by atoms with Gasteiger partial charge in [-0.15, -0.1) is 0 Å². The molecule has 1 aliphatic heterocycles. The molecule has 104 valence electrons.